The van der Waals surface area contributed by atoms with Gasteiger partial charge in [0.15, 0.2) is 0 Å². The standard InChI is InChI=1S/C18H23F3O4S/c1-3-4-6-11-16-15(13(2)25-26(22,23)18(19,20)21)12-17(24-16)14-9-7-5-8-10-14/h5,7-10,16-17H,3-4,6,11-12H2,1-2H3/t16-,17-/m0/s1. The summed E-state index contributed by atoms with van der Waals surface area (Å²) in [6.07, 6.45) is 2.93. The number of ether oxygens (including phenoxy) is 1. The van der Waals surface area contributed by atoms with Gasteiger partial charge in [-0.05, 0) is 18.9 Å². The molecule has 0 unspecified atom stereocenters. The molecule has 0 spiro atoms. The van der Waals surface area contributed by atoms with Crippen molar-refractivity contribution in [3.05, 3.63) is 47.2 Å². The van der Waals surface area contributed by atoms with Crippen molar-refractivity contribution in [3.8, 4) is 0 Å². The first-order valence-corrected chi connectivity index (χ1v) is 9.97. The van der Waals surface area contributed by atoms with Crippen molar-refractivity contribution in [1.29, 1.82) is 0 Å². The first-order valence-electron chi connectivity index (χ1n) is 8.56. The number of unbranched alkanes of at least 4 members (excludes halogenated alkanes) is 2. The first kappa shape index (κ1) is 20.8. The van der Waals surface area contributed by atoms with Crippen LogP contribution in [0, 0.1) is 0 Å². The van der Waals surface area contributed by atoms with E-state index in [1.54, 1.807) is 0 Å². The lowest BCUT2D eigenvalue weighted by molar-refractivity contribution is -0.0523. The van der Waals surface area contributed by atoms with Gasteiger partial charge in [-0.2, -0.15) is 21.6 Å². The summed E-state index contributed by atoms with van der Waals surface area (Å²) in [6, 6.07) is 9.31. The molecule has 1 aliphatic rings. The number of halogens is 3. The second-order valence-corrected chi connectivity index (χ2v) is 7.83. The Balaban J connectivity index is 2.26. The number of hydrogen-bond acceptors (Lipinski definition) is 4. The van der Waals surface area contributed by atoms with Gasteiger partial charge in [0.1, 0.15) is 5.76 Å². The monoisotopic (exact) mass is 392 g/mol. The largest absolute Gasteiger partial charge is 0.534 e. The highest BCUT2D eigenvalue weighted by Crippen LogP contribution is 2.41. The molecule has 1 aromatic carbocycles. The van der Waals surface area contributed by atoms with Crippen LogP contribution in [-0.2, 0) is 19.0 Å². The molecular formula is C18H23F3O4S. The molecule has 146 valence electrons. The van der Waals surface area contributed by atoms with Gasteiger partial charge in [0.05, 0.1) is 12.2 Å². The predicted octanol–water partition coefficient (Wildman–Crippen LogP) is 5.24. The molecule has 0 bridgehead atoms. The van der Waals surface area contributed by atoms with Gasteiger partial charge >= 0.3 is 15.6 Å². The smallest absolute Gasteiger partial charge is 0.381 e. The van der Waals surface area contributed by atoms with Crippen molar-refractivity contribution in [1.82, 2.24) is 0 Å². The molecule has 1 aromatic rings. The highest BCUT2D eigenvalue weighted by atomic mass is 32.2. The number of rotatable bonds is 7. The third-order valence-corrected chi connectivity index (χ3v) is 5.37. The van der Waals surface area contributed by atoms with E-state index in [-0.39, 0.29) is 11.9 Å². The zero-order valence-corrected chi connectivity index (χ0v) is 15.6. The van der Waals surface area contributed by atoms with Gasteiger partial charge in [0.2, 0.25) is 0 Å². The van der Waals surface area contributed by atoms with Crippen LogP contribution >= 0.6 is 0 Å². The summed E-state index contributed by atoms with van der Waals surface area (Å²) < 4.78 is 70.8. The Kier molecular flexibility index (Phi) is 6.74. The van der Waals surface area contributed by atoms with E-state index in [9.17, 15) is 21.6 Å². The zero-order valence-electron chi connectivity index (χ0n) is 14.8. The molecule has 1 aliphatic heterocycles. The Morgan fingerprint density at radius 3 is 2.46 bits per heavy atom. The van der Waals surface area contributed by atoms with E-state index in [0.29, 0.717) is 18.4 Å². The predicted molar refractivity (Wildman–Crippen MR) is 91.6 cm³/mol. The van der Waals surface area contributed by atoms with Gasteiger partial charge < -0.3 is 8.92 Å². The Morgan fingerprint density at radius 2 is 1.88 bits per heavy atom. The zero-order chi connectivity index (χ0) is 19.4. The Bertz CT molecular complexity index is 727. The second kappa shape index (κ2) is 8.43. The highest BCUT2D eigenvalue weighted by Gasteiger charge is 2.49. The van der Waals surface area contributed by atoms with Crippen LogP contribution in [0.3, 0.4) is 0 Å². The topological polar surface area (TPSA) is 52.6 Å². The maximum absolute atomic E-state index is 12.6. The average molecular weight is 392 g/mol. The maximum atomic E-state index is 12.6. The van der Waals surface area contributed by atoms with E-state index in [4.69, 9.17) is 4.74 Å². The maximum Gasteiger partial charge on any atom is 0.534 e. The Labute approximate surface area is 152 Å². The molecule has 0 aromatic heterocycles. The van der Waals surface area contributed by atoms with Gasteiger partial charge in [-0.1, -0.05) is 56.5 Å². The highest BCUT2D eigenvalue weighted by molar-refractivity contribution is 7.87. The minimum atomic E-state index is -5.68. The molecule has 0 saturated carbocycles. The molecule has 2 rings (SSSR count). The van der Waals surface area contributed by atoms with Crippen molar-refractivity contribution >= 4 is 10.1 Å². The normalized spacial score (nSPS) is 23.1. The molecule has 26 heavy (non-hydrogen) atoms. The molecule has 0 aliphatic carbocycles. The Morgan fingerprint density at radius 1 is 1.23 bits per heavy atom. The molecule has 4 nitrogen and oxygen atoms in total. The summed E-state index contributed by atoms with van der Waals surface area (Å²) >= 11 is 0. The number of benzene rings is 1. The van der Waals surface area contributed by atoms with Crippen molar-refractivity contribution < 1.29 is 30.5 Å². The summed E-state index contributed by atoms with van der Waals surface area (Å²) in [5.74, 6) is -0.248. The fourth-order valence-corrected chi connectivity index (χ4v) is 3.51. The molecule has 2 atom stereocenters. The van der Waals surface area contributed by atoms with Gasteiger partial charge in [-0.15, -0.1) is 0 Å². The van der Waals surface area contributed by atoms with Crippen molar-refractivity contribution in [2.75, 3.05) is 0 Å². The van der Waals surface area contributed by atoms with Crippen LogP contribution in [0.2, 0.25) is 0 Å². The number of alkyl halides is 3. The van der Waals surface area contributed by atoms with Crippen LogP contribution in [0.15, 0.2) is 41.7 Å². The molecule has 0 N–H and O–H groups in total. The Hall–Kier alpha value is -1.54. The molecule has 0 amide bonds. The summed E-state index contributed by atoms with van der Waals surface area (Å²) in [4.78, 5) is 0. The van der Waals surface area contributed by atoms with Gasteiger partial charge in [-0.25, -0.2) is 0 Å². The van der Waals surface area contributed by atoms with Crippen LogP contribution in [0.5, 0.6) is 0 Å². The van der Waals surface area contributed by atoms with Crippen LogP contribution in [0.1, 0.15) is 57.6 Å². The molecule has 1 heterocycles. The van der Waals surface area contributed by atoms with Crippen LogP contribution < -0.4 is 0 Å². The summed E-state index contributed by atoms with van der Waals surface area (Å²) in [6.45, 7) is 3.30. The van der Waals surface area contributed by atoms with Crippen molar-refractivity contribution in [2.24, 2.45) is 0 Å². The van der Waals surface area contributed by atoms with Gasteiger partial charge in [0, 0.05) is 12.0 Å². The van der Waals surface area contributed by atoms with Crippen molar-refractivity contribution in [3.63, 3.8) is 0 Å². The third kappa shape index (κ3) is 5.01. The SMILES string of the molecule is CCCCC[C@@H]1O[C@H](c2ccccc2)CC1=C(C)OS(=O)(=O)C(F)(F)F. The average Bonchev–Trinajstić information content (AvgIpc) is 2.99. The molecule has 8 heteroatoms. The molecule has 0 radical (unpaired) electrons. The van der Waals surface area contributed by atoms with E-state index in [1.807, 2.05) is 37.3 Å². The number of allylic oxidation sites excluding steroid dienone is 1. The van der Waals surface area contributed by atoms with Crippen molar-refractivity contribution in [2.45, 2.75) is 63.7 Å². The lowest BCUT2D eigenvalue weighted by Crippen LogP contribution is -2.25. The minimum absolute atomic E-state index is 0.248. The number of hydrogen-bond donors (Lipinski definition) is 0. The summed E-state index contributed by atoms with van der Waals surface area (Å²) in [7, 11) is -5.68. The lowest BCUT2D eigenvalue weighted by atomic mass is 9.98. The van der Waals surface area contributed by atoms with E-state index in [2.05, 4.69) is 4.18 Å². The summed E-state index contributed by atoms with van der Waals surface area (Å²) in [5, 5.41) is 0. The lowest BCUT2D eigenvalue weighted by Gasteiger charge is -2.16. The first-order chi connectivity index (χ1) is 12.2. The second-order valence-electron chi connectivity index (χ2n) is 6.29. The van der Waals surface area contributed by atoms with Gasteiger partial charge in [-0.3, -0.25) is 0 Å². The van der Waals surface area contributed by atoms with E-state index >= 15 is 0 Å². The minimum Gasteiger partial charge on any atom is -0.381 e. The quantitative estimate of drug-likeness (QED) is 0.276. The molecule has 1 saturated heterocycles. The molecule has 1 fully saturated rings. The summed E-state index contributed by atoms with van der Waals surface area (Å²) in [5.41, 5.74) is -4.08. The van der Waals surface area contributed by atoms with Gasteiger partial charge in [0.25, 0.3) is 0 Å². The fourth-order valence-electron chi connectivity index (χ4n) is 2.98. The van der Waals surface area contributed by atoms with Crippen LogP contribution in [0.4, 0.5) is 13.2 Å². The van der Waals surface area contributed by atoms with Crippen LogP contribution in [-0.4, -0.2) is 20.0 Å². The fraction of sp³-hybridized carbons (Fsp3) is 0.556. The third-order valence-electron chi connectivity index (χ3n) is 4.33. The van der Waals surface area contributed by atoms with E-state index < -0.39 is 21.7 Å². The molecular weight excluding hydrogens is 369 g/mol. The van der Waals surface area contributed by atoms with E-state index in [1.165, 1.54) is 6.92 Å². The van der Waals surface area contributed by atoms with E-state index in [0.717, 1.165) is 24.8 Å². The van der Waals surface area contributed by atoms with Crippen LogP contribution in [0.25, 0.3) is 0 Å².